The van der Waals surface area contributed by atoms with E-state index in [-0.39, 0.29) is 18.1 Å². The lowest BCUT2D eigenvalue weighted by atomic mass is 9.63. The van der Waals surface area contributed by atoms with Crippen LogP contribution in [0.2, 0.25) is 0 Å². The fraction of sp³-hybridized carbons (Fsp3) is 0.464. The fourth-order valence-electron chi connectivity index (χ4n) is 6.33. The number of likely N-dealkylation sites (tertiary alicyclic amines) is 1. The molecule has 0 radical (unpaired) electrons. The zero-order valence-corrected chi connectivity index (χ0v) is 23.4. The smallest absolute Gasteiger partial charge is 0.314 e. The molecule has 42 heavy (non-hydrogen) atoms. The van der Waals surface area contributed by atoms with Crippen molar-refractivity contribution in [2.24, 2.45) is 5.41 Å². The summed E-state index contributed by atoms with van der Waals surface area (Å²) in [6, 6.07) is 9.23. The van der Waals surface area contributed by atoms with Crippen molar-refractivity contribution in [3.05, 3.63) is 66.2 Å². The van der Waals surface area contributed by atoms with Crippen LogP contribution in [0.5, 0.6) is 0 Å². The zero-order valence-electron chi connectivity index (χ0n) is 22.6. The zero-order chi connectivity index (χ0) is 29.1. The fourth-order valence-corrected chi connectivity index (χ4v) is 8.22. The molecule has 0 amide bonds. The maximum absolute atomic E-state index is 14.3. The number of nitrogens with zero attached hydrogens (tertiary/aromatic N) is 6. The van der Waals surface area contributed by atoms with E-state index in [1.165, 1.54) is 22.5 Å². The van der Waals surface area contributed by atoms with Gasteiger partial charge < -0.3 is 18.5 Å². The molecule has 3 fully saturated rings. The van der Waals surface area contributed by atoms with E-state index >= 15 is 0 Å². The van der Waals surface area contributed by atoms with Gasteiger partial charge in [0, 0.05) is 29.4 Å². The van der Waals surface area contributed by atoms with Crippen LogP contribution in [0.3, 0.4) is 0 Å². The number of pyridine rings is 1. The quantitative estimate of drug-likeness (QED) is 0.292. The molecule has 1 aliphatic carbocycles. The number of benzene rings is 1. The Labute approximate surface area is 240 Å². The molecule has 5 heterocycles. The molecule has 0 atom stereocenters. The van der Waals surface area contributed by atoms with Crippen molar-refractivity contribution in [2.75, 3.05) is 30.6 Å². The summed E-state index contributed by atoms with van der Waals surface area (Å²) in [4.78, 5) is 6.97. The van der Waals surface area contributed by atoms with E-state index in [9.17, 15) is 21.6 Å². The van der Waals surface area contributed by atoms with Gasteiger partial charge >= 0.3 is 6.43 Å². The van der Waals surface area contributed by atoms with Gasteiger partial charge in [0.15, 0.2) is 0 Å². The van der Waals surface area contributed by atoms with Crippen LogP contribution < -0.4 is 4.31 Å². The number of piperidine rings is 1. The highest BCUT2D eigenvalue weighted by molar-refractivity contribution is 7.93. The summed E-state index contributed by atoms with van der Waals surface area (Å²) in [5, 5.41) is 6.43. The predicted octanol–water partition coefficient (Wildman–Crippen LogP) is 4.44. The molecule has 0 unspecified atom stereocenters. The van der Waals surface area contributed by atoms with Gasteiger partial charge in [0.05, 0.1) is 36.4 Å². The number of alkyl halides is 2. The molecule has 0 bridgehead atoms. The van der Waals surface area contributed by atoms with E-state index in [0.29, 0.717) is 54.3 Å². The third-order valence-electron chi connectivity index (χ3n) is 8.66. The summed E-state index contributed by atoms with van der Waals surface area (Å²) in [6.45, 7) is 2.95. The largest absolute Gasteiger partial charge is 0.415 e. The highest BCUT2D eigenvalue weighted by Crippen LogP contribution is 2.49. The topological polar surface area (TPSA) is 106 Å². The van der Waals surface area contributed by atoms with Gasteiger partial charge in [-0.05, 0) is 69.1 Å². The van der Waals surface area contributed by atoms with Crippen molar-refractivity contribution in [1.82, 2.24) is 24.5 Å². The molecule has 2 aliphatic heterocycles. The Kier molecular flexibility index (Phi) is 6.74. The number of sulfonamides is 1. The maximum atomic E-state index is 14.3. The van der Waals surface area contributed by atoms with Crippen LogP contribution in [0.4, 0.5) is 18.9 Å². The van der Waals surface area contributed by atoms with E-state index in [1.54, 1.807) is 35.0 Å². The van der Waals surface area contributed by atoms with Crippen LogP contribution in [0.25, 0.3) is 17.1 Å². The third-order valence-corrected chi connectivity index (χ3v) is 10.9. The van der Waals surface area contributed by atoms with Gasteiger partial charge in [-0.15, -0.1) is 10.2 Å². The van der Waals surface area contributed by atoms with Crippen molar-refractivity contribution < 1.29 is 30.7 Å². The molecule has 0 N–H and O–H groups in total. The van der Waals surface area contributed by atoms with Crippen LogP contribution in [0, 0.1) is 11.2 Å². The second-order valence-corrected chi connectivity index (χ2v) is 13.6. The second kappa shape index (κ2) is 10.3. The minimum absolute atomic E-state index is 0.0780. The predicted molar refractivity (Wildman–Crippen MR) is 146 cm³/mol. The monoisotopic (exact) mass is 602 g/mol. The van der Waals surface area contributed by atoms with Crippen molar-refractivity contribution in [3.63, 3.8) is 0 Å². The Balaban J connectivity index is 1.12. The number of imidazole rings is 1. The Morgan fingerprint density at radius 3 is 2.55 bits per heavy atom. The first kappa shape index (κ1) is 27.3. The minimum Gasteiger partial charge on any atom is -0.415 e. The van der Waals surface area contributed by atoms with Crippen molar-refractivity contribution >= 4 is 21.4 Å². The van der Waals surface area contributed by atoms with E-state index < -0.39 is 33.4 Å². The molecule has 4 aromatic rings. The Hall–Kier alpha value is -3.49. The van der Waals surface area contributed by atoms with Crippen LogP contribution in [0.15, 0.2) is 53.2 Å². The first-order valence-corrected chi connectivity index (χ1v) is 15.4. The average Bonchev–Trinajstić information content (AvgIpc) is 3.57. The highest BCUT2D eigenvalue weighted by Gasteiger charge is 2.52. The number of rotatable bonds is 8. The summed E-state index contributed by atoms with van der Waals surface area (Å²) >= 11 is 0. The maximum Gasteiger partial charge on any atom is 0.314 e. The Bertz CT molecular complexity index is 1710. The molecule has 3 aromatic heterocycles. The van der Waals surface area contributed by atoms with Gasteiger partial charge in [-0.1, -0.05) is 6.07 Å². The van der Waals surface area contributed by atoms with Crippen LogP contribution in [-0.2, 0) is 21.3 Å². The van der Waals surface area contributed by atoms with E-state index in [0.717, 1.165) is 26.1 Å². The lowest BCUT2D eigenvalue weighted by Gasteiger charge is -2.57. The van der Waals surface area contributed by atoms with Gasteiger partial charge in [-0.2, -0.15) is 8.78 Å². The normalized spacial score (nSPS) is 19.8. The SMILES string of the molecule is O=S(=O)(C1CCN(C2CC3(COC3)C2)CC1)N(Cc1cn2ccc(-c3nnc(C(F)F)o3)cc2n1)c1cccc(F)c1. The number of halogens is 3. The highest BCUT2D eigenvalue weighted by atomic mass is 32.2. The molecular weight excluding hydrogens is 573 g/mol. The number of hydrogen-bond donors (Lipinski definition) is 0. The van der Waals surface area contributed by atoms with Gasteiger partial charge in [0.2, 0.25) is 15.9 Å². The second-order valence-electron chi connectivity index (χ2n) is 11.5. The number of ether oxygens (including phenoxy) is 1. The van der Waals surface area contributed by atoms with Crippen molar-refractivity contribution in [1.29, 1.82) is 0 Å². The molecule has 10 nitrogen and oxygen atoms in total. The van der Waals surface area contributed by atoms with Crippen LogP contribution >= 0.6 is 0 Å². The Morgan fingerprint density at radius 2 is 1.88 bits per heavy atom. The third kappa shape index (κ3) is 4.94. The summed E-state index contributed by atoms with van der Waals surface area (Å²) in [5.41, 5.74) is 1.82. The molecule has 1 aromatic carbocycles. The average molecular weight is 603 g/mol. The van der Waals surface area contributed by atoms with E-state index in [4.69, 9.17) is 9.15 Å². The molecule has 2 saturated heterocycles. The molecule has 1 saturated carbocycles. The van der Waals surface area contributed by atoms with Gasteiger partial charge in [-0.25, -0.2) is 17.8 Å². The number of fused-ring (bicyclic) bond motifs is 1. The minimum atomic E-state index is -3.87. The first-order chi connectivity index (χ1) is 20.2. The Morgan fingerprint density at radius 1 is 1.10 bits per heavy atom. The number of anilines is 1. The van der Waals surface area contributed by atoms with E-state index in [2.05, 4.69) is 20.1 Å². The number of hydrogen-bond acceptors (Lipinski definition) is 8. The van der Waals surface area contributed by atoms with Gasteiger partial charge in [0.1, 0.15) is 11.5 Å². The van der Waals surface area contributed by atoms with E-state index in [1.807, 2.05) is 0 Å². The summed E-state index contributed by atoms with van der Waals surface area (Å²) < 4.78 is 81.6. The van der Waals surface area contributed by atoms with Crippen LogP contribution in [-0.4, -0.2) is 70.5 Å². The summed E-state index contributed by atoms with van der Waals surface area (Å²) in [7, 11) is -3.87. The molecule has 14 heteroatoms. The molecule has 1 spiro atoms. The van der Waals surface area contributed by atoms with Crippen molar-refractivity contribution in [3.8, 4) is 11.5 Å². The molecular formula is C28H29F3N6O4S. The lowest BCUT2D eigenvalue weighted by molar-refractivity contribution is -0.185. The standard InChI is InChI=1S/C28H29F3N6O4S/c29-19-2-1-3-21(11-19)37(42(38,39)23-5-8-35(9-6-23)22-12-28(13-22)16-40-17-28)15-20-14-36-7-4-18(10-24(36)32-20)26-33-34-27(41-26)25(30)31/h1-4,7,10-11,14,22-23,25H,5-6,8-9,12-13,15-17H2. The molecule has 7 rings (SSSR count). The molecule has 222 valence electrons. The lowest BCUT2D eigenvalue weighted by Crippen LogP contribution is -2.61. The summed E-state index contributed by atoms with van der Waals surface area (Å²) in [6.07, 6.45) is 3.64. The van der Waals surface area contributed by atoms with Gasteiger partial charge in [0.25, 0.3) is 5.89 Å². The first-order valence-electron chi connectivity index (χ1n) is 13.9. The van der Waals surface area contributed by atoms with Gasteiger partial charge in [-0.3, -0.25) is 4.31 Å². The number of aromatic nitrogens is 4. The summed E-state index contributed by atoms with van der Waals surface area (Å²) in [5.74, 6) is -1.39. The van der Waals surface area contributed by atoms with Crippen LogP contribution in [0.1, 0.15) is 43.7 Å². The molecule has 3 aliphatic rings. The van der Waals surface area contributed by atoms with Crippen molar-refractivity contribution in [2.45, 2.75) is 49.9 Å².